The van der Waals surface area contributed by atoms with Crippen molar-refractivity contribution >= 4 is 37.0 Å². The van der Waals surface area contributed by atoms with Crippen molar-refractivity contribution in [1.82, 2.24) is 24.6 Å². The molecule has 2 aromatic heterocycles. The molecule has 0 radical (unpaired) electrons. The zero-order valence-electron chi connectivity index (χ0n) is 18.3. The van der Waals surface area contributed by atoms with Gasteiger partial charge in [-0.3, -0.25) is 14.3 Å². The van der Waals surface area contributed by atoms with Crippen LogP contribution in [-0.4, -0.2) is 31.8 Å². The molecule has 0 amide bonds. The first-order valence-corrected chi connectivity index (χ1v) is 12.1. The van der Waals surface area contributed by atoms with Crippen molar-refractivity contribution in [3.63, 3.8) is 0 Å². The van der Waals surface area contributed by atoms with Gasteiger partial charge in [-0.25, -0.2) is 10.1 Å². The summed E-state index contributed by atoms with van der Waals surface area (Å²) in [4.78, 5) is 34.0. The van der Waals surface area contributed by atoms with Crippen molar-refractivity contribution in [2.75, 3.05) is 5.73 Å². The van der Waals surface area contributed by atoms with Gasteiger partial charge in [-0.05, 0) is 36.3 Å². The summed E-state index contributed by atoms with van der Waals surface area (Å²) in [6.07, 6.45) is 3.86. The molecule has 2 atom stereocenters. The summed E-state index contributed by atoms with van der Waals surface area (Å²) in [7, 11) is -3.58. The second kappa shape index (κ2) is 9.86. The molecule has 1 unspecified atom stereocenters. The average molecular weight is 478 g/mol. The van der Waals surface area contributed by atoms with Gasteiger partial charge in [0.05, 0.1) is 18.9 Å². The highest BCUT2D eigenvalue weighted by Gasteiger charge is 2.23. The lowest BCUT2D eigenvalue weighted by Crippen LogP contribution is -2.25. The Labute approximate surface area is 195 Å². The molecule has 4 aromatic rings. The number of anilines is 1. The number of hydrogen-bond acceptors (Lipinski definition) is 7. The van der Waals surface area contributed by atoms with E-state index >= 15 is 0 Å². The fourth-order valence-electron chi connectivity index (χ4n) is 3.34. The van der Waals surface area contributed by atoms with Crippen LogP contribution in [0.4, 0.5) is 5.95 Å². The molecule has 2 aromatic carbocycles. The summed E-state index contributed by atoms with van der Waals surface area (Å²) in [6, 6.07) is 15.5. The highest BCUT2D eigenvalue weighted by atomic mass is 31.2. The minimum atomic E-state index is -3.58. The first-order valence-electron chi connectivity index (χ1n) is 10.4. The van der Waals surface area contributed by atoms with Crippen LogP contribution in [0.15, 0.2) is 71.5 Å². The van der Waals surface area contributed by atoms with E-state index in [4.69, 9.17) is 10.3 Å². The third-order valence-corrected chi connectivity index (χ3v) is 6.70. The van der Waals surface area contributed by atoms with Gasteiger partial charge in [0.2, 0.25) is 5.95 Å². The van der Waals surface area contributed by atoms with E-state index in [0.29, 0.717) is 24.2 Å². The predicted molar refractivity (Wildman–Crippen MR) is 130 cm³/mol. The number of nitrogens with one attached hydrogen (secondary N) is 2. The standard InChI is InChI=1S/C23H23N6O4P/c1-16(14-30)28-34(32,33-19-9-3-2-4-10-19)12-11-17-7-5-6-8-18(17)13-29-15-25-20-21(29)26-23(24)27-22(20)31/h2-12,14-16H,13H2,1H3,(H,28,32)(H3,24,26,27,31)/b12-11+/t16-,34?/m0/s1. The van der Waals surface area contributed by atoms with Gasteiger partial charge in [0.1, 0.15) is 12.0 Å². The molecule has 0 spiro atoms. The molecule has 0 saturated heterocycles. The van der Waals surface area contributed by atoms with Gasteiger partial charge in [-0.1, -0.05) is 42.5 Å². The van der Waals surface area contributed by atoms with Gasteiger partial charge in [0, 0.05) is 5.82 Å². The minimum Gasteiger partial charge on any atom is -0.430 e. The monoisotopic (exact) mass is 478 g/mol. The molecule has 0 aliphatic rings. The smallest absolute Gasteiger partial charge is 0.340 e. The fraction of sp³-hybridized carbons (Fsp3) is 0.130. The first kappa shape index (κ1) is 23.2. The van der Waals surface area contributed by atoms with Crippen LogP contribution in [0.5, 0.6) is 5.75 Å². The van der Waals surface area contributed by atoms with Crippen molar-refractivity contribution in [1.29, 1.82) is 0 Å². The second-order valence-corrected chi connectivity index (χ2v) is 9.50. The number of H-pyrrole nitrogens is 1. The van der Waals surface area contributed by atoms with E-state index in [2.05, 4.69) is 20.0 Å². The van der Waals surface area contributed by atoms with E-state index in [1.807, 2.05) is 30.3 Å². The summed E-state index contributed by atoms with van der Waals surface area (Å²) in [5.41, 5.74) is 7.45. The summed E-state index contributed by atoms with van der Waals surface area (Å²) in [5.74, 6) is 1.85. The summed E-state index contributed by atoms with van der Waals surface area (Å²) < 4.78 is 21.0. The number of aromatic amines is 1. The molecule has 174 valence electrons. The van der Waals surface area contributed by atoms with Crippen LogP contribution < -0.4 is 20.9 Å². The van der Waals surface area contributed by atoms with Crippen LogP contribution in [-0.2, 0) is 15.9 Å². The minimum absolute atomic E-state index is 0.00167. The molecule has 0 bridgehead atoms. The molecule has 34 heavy (non-hydrogen) atoms. The first-order chi connectivity index (χ1) is 16.4. The zero-order chi connectivity index (χ0) is 24.1. The second-order valence-electron chi connectivity index (χ2n) is 7.57. The number of fused-ring (bicyclic) bond motifs is 1. The molecule has 0 aliphatic carbocycles. The normalized spacial score (nSPS) is 14.1. The Kier molecular flexibility index (Phi) is 6.72. The fourth-order valence-corrected chi connectivity index (χ4v) is 4.96. The molecule has 4 N–H and O–H groups in total. The maximum absolute atomic E-state index is 13.5. The van der Waals surface area contributed by atoms with E-state index in [9.17, 15) is 14.2 Å². The van der Waals surface area contributed by atoms with E-state index < -0.39 is 19.1 Å². The Morgan fingerprint density at radius 2 is 1.94 bits per heavy atom. The Hall–Kier alpha value is -4.01. The molecular weight excluding hydrogens is 455 g/mol. The van der Waals surface area contributed by atoms with Crippen molar-refractivity contribution < 1.29 is 13.9 Å². The summed E-state index contributed by atoms with van der Waals surface area (Å²) >= 11 is 0. The van der Waals surface area contributed by atoms with Gasteiger partial charge in [0.15, 0.2) is 11.2 Å². The van der Waals surface area contributed by atoms with Crippen molar-refractivity contribution in [3.8, 4) is 5.75 Å². The largest absolute Gasteiger partial charge is 0.430 e. The number of aromatic nitrogens is 4. The predicted octanol–water partition coefficient (Wildman–Crippen LogP) is 3.17. The lowest BCUT2D eigenvalue weighted by atomic mass is 10.1. The summed E-state index contributed by atoms with van der Waals surface area (Å²) in [5, 5.41) is 2.76. The van der Waals surface area contributed by atoms with Crippen LogP contribution in [0.25, 0.3) is 17.2 Å². The lowest BCUT2D eigenvalue weighted by Gasteiger charge is -2.19. The Morgan fingerprint density at radius 1 is 1.21 bits per heavy atom. The van der Waals surface area contributed by atoms with E-state index in [0.717, 1.165) is 11.1 Å². The molecule has 10 nitrogen and oxygen atoms in total. The molecule has 4 rings (SSSR count). The Balaban J connectivity index is 1.66. The third kappa shape index (κ3) is 5.31. The molecule has 0 fully saturated rings. The number of benzene rings is 2. The number of carbonyl (C=O) groups is 1. The molecule has 0 aliphatic heterocycles. The van der Waals surface area contributed by atoms with Gasteiger partial charge in [0.25, 0.3) is 5.56 Å². The lowest BCUT2D eigenvalue weighted by molar-refractivity contribution is -0.108. The number of carbonyl (C=O) groups excluding carboxylic acids is 1. The number of para-hydroxylation sites is 1. The maximum atomic E-state index is 13.5. The van der Waals surface area contributed by atoms with E-state index in [-0.39, 0.29) is 11.5 Å². The van der Waals surface area contributed by atoms with Crippen molar-refractivity contribution in [2.24, 2.45) is 0 Å². The number of aldehydes is 1. The van der Waals surface area contributed by atoms with Gasteiger partial charge >= 0.3 is 7.52 Å². The third-order valence-electron chi connectivity index (χ3n) is 4.91. The van der Waals surface area contributed by atoms with Gasteiger partial charge in [-0.2, -0.15) is 4.98 Å². The van der Waals surface area contributed by atoms with Gasteiger partial charge < -0.3 is 19.6 Å². The Morgan fingerprint density at radius 3 is 2.71 bits per heavy atom. The van der Waals surface area contributed by atoms with E-state index in [1.165, 1.54) is 12.1 Å². The zero-order valence-corrected chi connectivity index (χ0v) is 19.2. The number of nitrogens with two attached hydrogens (primary N) is 1. The van der Waals surface area contributed by atoms with Crippen molar-refractivity contribution in [3.05, 3.63) is 88.2 Å². The molecule has 2 heterocycles. The van der Waals surface area contributed by atoms with Crippen LogP contribution in [0.3, 0.4) is 0 Å². The number of hydrogen-bond donors (Lipinski definition) is 3. The topological polar surface area (TPSA) is 145 Å². The quantitative estimate of drug-likeness (QED) is 0.246. The maximum Gasteiger partial charge on any atom is 0.340 e. The number of nitrogen functional groups attached to an aromatic ring is 1. The molecule has 0 saturated carbocycles. The average Bonchev–Trinajstić information content (AvgIpc) is 3.22. The van der Waals surface area contributed by atoms with E-state index in [1.54, 1.807) is 41.8 Å². The van der Waals surface area contributed by atoms with Crippen LogP contribution in [0.1, 0.15) is 18.1 Å². The highest BCUT2D eigenvalue weighted by Crippen LogP contribution is 2.45. The van der Waals surface area contributed by atoms with Gasteiger partial charge in [-0.15, -0.1) is 0 Å². The number of nitrogens with zero attached hydrogens (tertiary/aromatic N) is 3. The number of imidazole rings is 1. The molecular formula is C23H23N6O4P. The van der Waals surface area contributed by atoms with Crippen LogP contribution in [0, 0.1) is 0 Å². The SMILES string of the molecule is C[C@@H](C=O)NP(=O)(/C=C/c1ccccc1Cn1cnc2c(=O)[nH]c(N)nc21)Oc1ccccc1. The van der Waals surface area contributed by atoms with Crippen molar-refractivity contribution in [2.45, 2.75) is 19.5 Å². The Bertz CT molecular complexity index is 1450. The number of rotatable bonds is 9. The molecule has 11 heteroatoms. The highest BCUT2D eigenvalue weighted by molar-refractivity contribution is 7.60. The van der Waals surface area contributed by atoms with Crippen LogP contribution >= 0.6 is 7.52 Å². The van der Waals surface area contributed by atoms with Crippen LogP contribution in [0.2, 0.25) is 0 Å². The summed E-state index contributed by atoms with van der Waals surface area (Å²) in [6.45, 7) is 1.94.